The summed E-state index contributed by atoms with van der Waals surface area (Å²) in [5.74, 6) is 1.50. The van der Waals surface area contributed by atoms with Crippen LogP contribution in [0, 0.1) is 13.8 Å². The number of ether oxygens (including phenoxy) is 1. The number of methoxy groups -OCH3 is 1. The van der Waals surface area contributed by atoms with Gasteiger partial charge in [0.25, 0.3) is 5.91 Å². The number of nitrogens with zero attached hydrogens (tertiary/aromatic N) is 4. The van der Waals surface area contributed by atoms with Crippen molar-refractivity contribution in [2.24, 2.45) is 0 Å². The number of aromatic nitrogens is 1. The van der Waals surface area contributed by atoms with Gasteiger partial charge in [-0.3, -0.25) is 9.69 Å². The molecule has 1 saturated heterocycles. The molecule has 1 N–H and O–H groups in total. The van der Waals surface area contributed by atoms with Gasteiger partial charge in [-0.15, -0.1) is 12.6 Å². The predicted octanol–water partition coefficient (Wildman–Crippen LogP) is 4.16. The van der Waals surface area contributed by atoms with Gasteiger partial charge >= 0.3 is 0 Å². The number of thiol groups is 1. The Morgan fingerprint density at radius 1 is 1.16 bits per heavy atom. The summed E-state index contributed by atoms with van der Waals surface area (Å²) >= 11 is 4.34. The number of hydrogen-bond acceptors (Lipinski definition) is 8. The quantitative estimate of drug-likeness (QED) is 0.508. The van der Waals surface area contributed by atoms with Crippen molar-refractivity contribution in [3.8, 4) is 5.75 Å². The topological polar surface area (TPSA) is 74.1 Å². The number of amides is 1. The molecule has 0 spiro atoms. The van der Waals surface area contributed by atoms with Crippen molar-refractivity contribution in [3.63, 3.8) is 0 Å². The highest BCUT2D eigenvalue weighted by molar-refractivity contribution is 7.80. The predicted molar refractivity (Wildman–Crippen MR) is 153 cm³/mol. The standard InChI is InChI=1S/C20H33N5O2.C9H12OS/c1-23-8-10-25(11-9-23)17-5-3-4-16(12-17)24(2)20(26)18-14-27-19(22-18)13-21-15-6-7-15;1-6-4-8(10-3)5-7(2)9(6)11/h14-17,21H,3-13H2,1-2H3;4-5,11H,1-3H3. The highest BCUT2D eigenvalue weighted by atomic mass is 32.1. The van der Waals surface area contributed by atoms with Gasteiger partial charge in [-0.1, -0.05) is 0 Å². The van der Waals surface area contributed by atoms with Gasteiger partial charge in [-0.25, -0.2) is 4.98 Å². The number of likely N-dealkylation sites (N-methyl/N-ethyl adjacent to an activating group) is 1. The smallest absolute Gasteiger partial charge is 0.275 e. The van der Waals surface area contributed by atoms with E-state index in [4.69, 9.17) is 9.15 Å². The van der Waals surface area contributed by atoms with Crippen molar-refractivity contribution >= 4 is 18.5 Å². The summed E-state index contributed by atoms with van der Waals surface area (Å²) in [4.78, 5) is 25.3. The number of oxazole rings is 1. The molecule has 38 heavy (non-hydrogen) atoms. The van der Waals surface area contributed by atoms with Gasteiger partial charge in [0.2, 0.25) is 5.89 Å². The SMILES string of the molecule is CN1CCN(C2CCCC(N(C)C(=O)c3coc(CNC4CC4)n3)C2)CC1.COc1cc(C)c(S)c(C)c1. The molecule has 2 heterocycles. The lowest BCUT2D eigenvalue weighted by Crippen LogP contribution is -2.52. The summed E-state index contributed by atoms with van der Waals surface area (Å²) in [6, 6.07) is 5.46. The lowest BCUT2D eigenvalue weighted by Gasteiger charge is -2.43. The van der Waals surface area contributed by atoms with E-state index in [0.717, 1.165) is 60.8 Å². The molecule has 1 amide bonds. The van der Waals surface area contributed by atoms with Crippen molar-refractivity contribution in [1.82, 2.24) is 25.0 Å². The molecule has 2 aliphatic carbocycles. The Labute approximate surface area is 233 Å². The molecule has 8 nitrogen and oxygen atoms in total. The van der Waals surface area contributed by atoms with E-state index < -0.39 is 0 Å². The monoisotopic (exact) mass is 543 g/mol. The highest BCUT2D eigenvalue weighted by Gasteiger charge is 2.32. The average Bonchev–Trinajstić information content (AvgIpc) is 3.65. The molecule has 2 saturated carbocycles. The lowest BCUT2D eigenvalue weighted by atomic mass is 9.88. The molecule has 3 fully saturated rings. The molecular formula is C29H45N5O3S. The normalized spacial score (nSPS) is 22.5. The highest BCUT2D eigenvalue weighted by Crippen LogP contribution is 2.28. The van der Waals surface area contributed by atoms with Crippen molar-refractivity contribution in [2.45, 2.75) is 81.9 Å². The third-order valence-corrected chi connectivity index (χ3v) is 8.84. The van der Waals surface area contributed by atoms with E-state index in [2.05, 4.69) is 39.8 Å². The molecule has 0 radical (unpaired) electrons. The van der Waals surface area contributed by atoms with Crippen LogP contribution in [0.1, 0.15) is 66.0 Å². The number of hydrogen-bond donors (Lipinski definition) is 2. The second-order valence-corrected chi connectivity index (χ2v) is 11.6. The summed E-state index contributed by atoms with van der Waals surface area (Å²) in [7, 11) is 5.79. The van der Waals surface area contributed by atoms with Gasteiger partial charge in [0.05, 0.1) is 13.7 Å². The van der Waals surface area contributed by atoms with Gasteiger partial charge in [-0.05, 0) is 82.7 Å². The second kappa shape index (κ2) is 13.3. The first-order valence-corrected chi connectivity index (χ1v) is 14.4. The van der Waals surface area contributed by atoms with Crippen LogP contribution in [0.5, 0.6) is 5.75 Å². The average molecular weight is 544 g/mol. The number of rotatable bonds is 7. The molecular weight excluding hydrogens is 498 g/mol. The van der Waals surface area contributed by atoms with Crippen LogP contribution in [0.2, 0.25) is 0 Å². The minimum atomic E-state index is -0.0135. The summed E-state index contributed by atoms with van der Waals surface area (Å²) in [6.45, 7) is 9.24. The van der Waals surface area contributed by atoms with Crippen LogP contribution in [0.4, 0.5) is 0 Å². The maximum Gasteiger partial charge on any atom is 0.275 e. The van der Waals surface area contributed by atoms with Crippen LogP contribution >= 0.6 is 12.6 Å². The number of carbonyl (C=O) groups excluding carboxylic acids is 1. The molecule has 9 heteroatoms. The lowest BCUT2D eigenvalue weighted by molar-refractivity contribution is 0.0492. The number of carbonyl (C=O) groups is 1. The Bertz CT molecular complexity index is 1040. The zero-order valence-electron chi connectivity index (χ0n) is 23.7. The van der Waals surface area contributed by atoms with Crippen LogP contribution in [-0.4, -0.2) is 91.1 Å². The Kier molecular flexibility index (Phi) is 10.1. The fourth-order valence-corrected chi connectivity index (χ4v) is 5.53. The third kappa shape index (κ3) is 7.74. The van der Waals surface area contributed by atoms with E-state index in [0.29, 0.717) is 36.3 Å². The van der Waals surface area contributed by atoms with E-state index in [9.17, 15) is 4.79 Å². The van der Waals surface area contributed by atoms with Gasteiger partial charge in [0, 0.05) is 56.2 Å². The van der Waals surface area contributed by atoms with Crippen LogP contribution in [0.25, 0.3) is 0 Å². The van der Waals surface area contributed by atoms with Crippen molar-refractivity contribution in [2.75, 3.05) is 47.4 Å². The van der Waals surface area contributed by atoms with Gasteiger partial charge in [0.15, 0.2) is 5.69 Å². The summed E-state index contributed by atoms with van der Waals surface area (Å²) in [5.41, 5.74) is 2.75. The van der Waals surface area contributed by atoms with E-state index in [1.54, 1.807) is 7.11 Å². The third-order valence-electron chi connectivity index (χ3n) is 8.13. The zero-order valence-corrected chi connectivity index (χ0v) is 24.6. The minimum Gasteiger partial charge on any atom is -0.497 e. The first-order valence-electron chi connectivity index (χ1n) is 14.0. The van der Waals surface area contributed by atoms with Crippen LogP contribution in [0.15, 0.2) is 27.7 Å². The molecule has 5 rings (SSSR count). The zero-order chi connectivity index (χ0) is 27.2. The Balaban J connectivity index is 0.000000257. The Morgan fingerprint density at radius 2 is 1.84 bits per heavy atom. The second-order valence-electron chi connectivity index (χ2n) is 11.1. The van der Waals surface area contributed by atoms with Crippen LogP contribution in [-0.2, 0) is 6.54 Å². The van der Waals surface area contributed by atoms with Crippen molar-refractivity contribution < 1.29 is 13.9 Å². The first-order chi connectivity index (χ1) is 18.2. The summed E-state index contributed by atoms with van der Waals surface area (Å²) in [6.07, 6.45) is 8.57. The van der Waals surface area contributed by atoms with Crippen molar-refractivity contribution in [3.05, 3.63) is 41.1 Å². The number of nitrogens with one attached hydrogen (secondary N) is 1. The minimum absolute atomic E-state index is 0.0135. The van der Waals surface area contributed by atoms with Crippen molar-refractivity contribution in [1.29, 1.82) is 0 Å². The number of benzene rings is 1. The fourth-order valence-electron chi connectivity index (χ4n) is 5.40. The molecule has 1 aliphatic heterocycles. The van der Waals surface area contributed by atoms with Gasteiger partial charge in [-0.2, -0.15) is 0 Å². The summed E-state index contributed by atoms with van der Waals surface area (Å²) < 4.78 is 10.6. The maximum atomic E-state index is 12.9. The number of aryl methyl sites for hydroxylation is 2. The van der Waals surface area contributed by atoms with Gasteiger partial charge in [0.1, 0.15) is 12.0 Å². The molecule has 3 aliphatic rings. The molecule has 2 unspecified atom stereocenters. The first kappa shape index (κ1) is 28.9. The summed E-state index contributed by atoms with van der Waals surface area (Å²) in [5, 5.41) is 3.37. The molecule has 210 valence electrons. The maximum absolute atomic E-state index is 12.9. The Morgan fingerprint density at radius 3 is 2.47 bits per heavy atom. The van der Waals surface area contributed by atoms with Gasteiger partial charge < -0.3 is 24.3 Å². The molecule has 2 aromatic rings. The van der Waals surface area contributed by atoms with Crippen LogP contribution in [0.3, 0.4) is 0 Å². The van der Waals surface area contributed by atoms with Crippen LogP contribution < -0.4 is 10.1 Å². The van der Waals surface area contributed by atoms with E-state index >= 15 is 0 Å². The van der Waals surface area contributed by atoms with E-state index in [1.807, 2.05) is 37.9 Å². The Hall–Kier alpha value is -2.07. The number of piperazine rings is 1. The largest absolute Gasteiger partial charge is 0.497 e. The van der Waals surface area contributed by atoms with E-state index in [1.165, 1.54) is 31.9 Å². The molecule has 0 bridgehead atoms. The molecule has 1 aromatic carbocycles. The molecule has 2 atom stereocenters. The van der Waals surface area contributed by atoms with E-state index in [-0.39, 0.29) is 5.91 Å². The fraction of sp³-hybridized carbons (Fsp3) is 0.655. The molecule has 1 aromatic heterocycles.